The van der Waals surface area contributed by atoms with Crippen molar-refractivity contribution < 1.29 is 23.8 Å². The van der Waals surface area contributed by atoms with Gasteiger partial charge in [0.2, 0.25) is 0 Å². The summed E-state index contributed by atoms with van der Waals surface area (Å²) in [6.07, 6.45) is -0.692. The molecule has 0 saturated heterocycles. The lowest BCUT2D eigenvalue weighted by Crippen LogP contribution is -2.37. The molecule has 0 spiro atoms. The highest BCUT2D eigenvalue weighted by Gasteiger charge is 2.12. The van der Waals surface area contributed by atoms with E-state index >= 15 is 0 Å². The van der Waals surface area contributed by atoms with Gasteiger partial charge in [-0.05, 0) is 37.6 Å². The first kappa shape index (κ1) is 23.1. The smallest absolute Gasteiger partial charge is 0.269 e. The fraction of sp³-hybridized carbons (Fsp3) is 0.300. The van der Waals surface area contributed by atoms with E-state index in [1.165, 1.54) is 24.3 Å². The zero-order valence-electron chi connectivity index (χ0n) is 16.1. The summed E-state index contributed by atoms with van der Waals surface area (Å²) in [5.74, 6) is -1.42. The molecular formula is C20H20ClFN4O4. The number of aromatic nitrogens is 1. The standard InChI is InChI=1S/C20H20ClFN4O4/c1-12-13(9-23)2-5-18(26-12)20(29)24-7-6-14(27)10-25-19(28)11-30-15-3-4-16(21)17(22)8-15/h2-5,8,14,27H,6-7,10-11H2,1H3,(H,24,29)(H,25,28). The van der Waals surface area contributed by atoms with Crippen molar-refractivity contribution in [2.45, 2.75) is 19.4 Å². The molecule has 8 nitrogen and oxygen atoms in total. The van der Waals surface area contributed by atoms with Crippen molar-refractivity contribution in [1.29, 1.82) is 5.26 Å². The fourth-order valence-electron chi connectivity index (χ4n) is 2.35. The maximum Gasteiger partial charge on any atom is 0.269 e. The van der Waals surface area contributed by atoms with Crippen LogP contribution in [0.5, 0.6) is 5.75 Å². The van der Waals surface area contributed by atoms with Crippen molar-refractivity contribution in [3.63, 3.8) is 0 Å². The molecule has 158 valence electrons. The van der Waals surface area contributed by atoms with Crippen LogP contribution in [-0.2, 0) is 4.79 Å². The molecule has 0 radical (unpaired) electrons. The first-order valence-electron chi connectivity index (χ1n) is 8.98. The van der Waals surface area contributed by atoms with Crippen LogP contribution in [0.2, 0.25) is 5.02 Å². The molecule has 1 atom stereocenters. The fourth-order valence-corrected chi connectivity index (χ4v) is 2.47. The molecule has 1 unspecified atom stereocenters. The zero-order valence-corrected chi connectivity index (χ0v) is 16.9. The normalized spacial score (nSPS) is 11.3. The lowest BCUT2D eigenvalue weighted by atomic mass is 10.2. The van der Waals surface area contributed by atoms with E-state index in [-0.39, 0.29) is 42.6 Å². The Kier molecular flexibility index (Phi) is 8.53. The van der Waals surface area contributed by atoms with Crippen molar-refractivity contribution in [2.24, 2.45) is 0 Å². The van der Waals surface area contributed by atoms with Gasteiger partial charge in [-0.3, -0.25) is 9.59 Å². The Balaban J connectivity index is 1.66. The molecule has 0 saturated carbocycles. The van der Waals surface area contributed by atoms with Gasteiger partial charge in [0.1, 0.15) is 23.3 Å². The summed E-state index contributed by atoms with van der Waals surface area (Å²) in [4.78, 5) is 27.9. The first-order valence-corrected chi connectivity index (χ1v) is 9.36. The number of benzene rings is 1. The highest BCUT2D eigenvalue weighted by molar-refractivity contribution is 6.30. The molecule has 1 aromatic carbocycles. The van der Waals surface area contributed by atoms with E-state index in [1.807, 2.05) is 6.07 Å². The molecule has 30 heavy (non-hydrogen) atoms. The van der Waals surface area contributed by atoms with Gasteiger partial charge in [-0.2, -0.15) is 5.26 Å². The minimum absolute atomic E-state index is 0.0404. The van der Waals surface area contributed by atoms with Crippen LogP contribution in [0.3, 0.4) is 0 Å². The molecule has 10 heteroatoms. The summed E-state index contributed by atoms with van der Waals surface area (Å²) < 4.78 is 18.4. The second-order valence-corrected chi connectivity index (χ2v) is 6.72. The summed E-state index contributed by atoms with van der Waals surface area (Å²) in [7, 11) is 0. The molecule has 1 heterocycles. The Morgan fingerprint density at radius 2 is 2.10 bits per heavy atom. The van der Waals surface area contributed by atoms with Crippen LogP contribution >= 0.6 is 11.6 Å². The van der Waals surface area contributed by atoms with E-state index in [1.54, 1.807) is 6.92 Å². The van der Waals surface area contributed by atoms with E-state index in [9.17, 15) is 19.1 Å². The SMILES string of the molecule is Cc1nc(C(=O)NCCC(O)CNC(=O)COc2ccc(Cl)c(F)c2)ccc1C#N. The van der Waals surface area contributed by atoms with Crippen molar-refractivity contribution in [1.82, 2.24) is 15.6 Å². The zero-order chi connectivity index (χ0) is 22.1. The van der Waals surface area contributed by atoms with Crippen LogP contribution in [0.1, 0.15) is 28.2 Å². The maximum atomic E-state index is 13.3. The number of aliphatic hydroxyl groups is 1. The number of aliphatic hydroxyl groups excluding tert-OH is 1. The number of carbonyl (C=O) groups is 2. The quantitative estimate of drug-likeness (QED) is 0.552. The molecule has 1 aromatic heterocycles. The number of pyridine rings is 1. The minimum Gasteiger partial charge on any atom is -0.484 e. The van der Waals surface area contributed by atoms with Gasteiger partial charge < -0.3 is 20.5 Å². The summed E-state index contributed by atoms with van der Waals surface area (Å²) in [5.41, 5.74) is 1.02. The number of hydrogen-bond donors (Lipinski definition) is 3. The highest BCUT2D eigenvalue weighted by Crippen LogP contribution is 2.20. The lowest BCUT2D eigenvalue weighted by molar-refractivity contribution is -0.123. The molecular weight excluding hydrogens is 415 g/mol. The Labute approximate surface area is 177 Å². The van der Waals surface area contributed by atoms with Gasteiger partial charge in [-0.15, -0.1) is 0 Å². The van der Waals surface area contributed by atoms with Gasteiger partial charge in [-0.1, -0.05) is 11.6 Å². The van der Waals surface area contributed by atoms with Gasteiger partial charge in [0.25, 0.3) is 11.8 Å². The largest absolute Gasteiger partial charge is 0.484 e. The predicted octanol–water partition coefficient (Wildman–Crippen LogP) is 1.73. The van der Waals surface area contributed by atoms with Crippen LogP contribution in [0, 0.1) is 24.1 Å². The molecule has 0 fully saturated rings. The van der Waals surface area contributed by atoms with Gasteiger partial charge in [-0.25, -0.2) is 9.37 Å². The lowest BCUT2D eigenvalue weighted by Gasteiger charge is -2.13. The van der Waals surface area contributed by atoms with Crippen molar-refractivity contribution in [3.05, 3.63) is 58.1 Å². The number of amides is 2. The Hall–Kier alpha value is -3.22. The van der Waals surface area contributed by atoms with Crippen molar-refractivity contribution in [2.75, 3.05) is 19.7 Å². The van der Waals surface area contributed by atoms with Gasteiger partial charge in [0.15, 0.2) is 6.61 Å². The van der Waals surface area contributed by atoms with E-state index in [0.29, 0.717) is 11.3 Å². The third-order valence-electron chi connectivity index (χ3n) is 4.00. The number of nitrogens with zero attached hydrogens (tertiary/aromatic N) is 2. The summed E-state index contributed by atoms with van der Waals surface area (Å²) >= 11 is 5.56. The molecule has 0 bridgehead atoms. The number of hydrogen-bond acceptors (Lipinski definition) is 6. The average Bonchev–Trinajstić information content (AvgIpc) is 2.72. The number of nitriles is 1. The number of nitrogens with one attached hydrogen (secondary N) is 2. The molecule has 0 aliphatic rings. The van der Waals surface area contributed by atoms with Crippen LogP contribution in [0.25, 0.3) is 0 Å². The topological polar surface area (TPSA) is 124 Å². The Bertz CT molecular complexity index is 964. The van der Waals surface area contributed by atoms with Crippen molar-refractivity contribution >= 4 is 23.4 Å². The van der Waals surface area contributed by atoms with Gasteiger partial charge in [0, 0.05) is 19.2 Å². The number of carbonyl (C=O) groups excluding carboxylic acids is 2. The summed E-state index contributed by atoms with van der Waals surface area (Å²) in [6, 6.07) is 8.75. The minimum atomic E-state index is -0.891. The van der Waals surface area contributed by atoms with E-state index < -0.39 is 23.7 Å². The number of ether oxygens (including phenoxy) is 1. The second kappa shape index (κ2) is 11.1. The van der Waals surface area contributed by atoms with Crippen LogP contribution in [-0.4, -0.2) is 47.7 Å². The Morgan fingerprint density at radius 1 is 1.33 bits per heavy atom. The number of halogens is 2. The first-order chi connectivity index (χ1) is 14.3. The average molecular weight is 435 g/mol. The van der Waals surface area contributed by atoms with Gasteiger partial charge in [0.05, 0.1) is 22.4 Å². The van der Waals surface area contributed by atoms with Crippen LogP contribution in [0.15, 0.2) is 30.3 Å². The molecule has 2 amide bonds. The van der Waals surface area contributed by atoms with E-state index in [0.717, 1.165) is 6.07 Å². The molecule has 0 aliphatic heterocycles. The summed E-state index contributed by atoms with van der Waals surface area (Å²) in [6.45, 7) is 1.40. The Morgan fingerprint density at radius 3 is 2.77 bits per heavy atom. The van der Waals surface area contributed by atoms with E-state index in [2.05, 4.69) is 15.6 Å². The number of aryl methyl sites for hydroxylation is 1. The third kappa shape index (κ3) is 6.99. The third-order valence-corrected chi connectivity index (χ3v) is 4.30. The molecule has 3 N–H and O–H groups in total. The van der Waals surface area contributed by atoms with Crippen LogP contribution in [0.4, 0.5) is 4.39 Å². The summed E-state index contributed by atoms with van der Waals surface area (Å²) in [5, 5.41) is 23.8. The predicted molar refractivity (Wildman–Crippen MR) is 107 cm³/mol. The van der Waals surface area contributed by atoms with Crippen LogP contribution < -0.4 is 15.4 Å². The maximum absolute atomic E-state index is 13.3. The number of rotatable bonds is 9. The van der Waals surface area contributed by atoms with Crippen molar-refractivity contribution in [3.8, 4) is 11.8 Å². The van der Waals surface area contributed by atoms with Gasteiger partial charge >= 0.3 is 0 Å². The monoisotopic (exact) mass is 434 g/mol. The highest BCUT2D eigenvalue weighted by atomic mass is 35.5. The second-order valence-electron chi connectivity index (χ2n) is 6.31. The molecule has 2 aromatic rings. The van der Waals surface area contributed by atoms with E-state index in [4.69, 9.17) is 21.6 Å². The molecule has 0 aliphatic carbocycles. The molecule has 2 rings (SSSR count).